The van der Waals surface area contributed by atoms with Crippen LogP contribution in [0.25, 0.3) is 5.57 Å². The first-order chi connectivity index (χ1) is 14.2. The molecule has 0 saturated carbocycles. The van der Waals surface area contributed by atoms with Crippen LogP contribution in [-0.2, 0) is 6.54 Å². The smallest absolute Gasteiger partial charge is 0.164 e. The first-order valence-electron chi connectivity index (χ1n) is 9.96. The molecule has 1 aliphatic heterocycles. The summed E-state index contributed by atoms with van der Waals surface area (Å²) >= 11 is 0. The third-order valence-corrected chi connectivity index (χ3v) is 5.53. The summed E-state index contributed by atoms with van der Waals surface area (Å²) in [5.74, 6) is 1.83. The molecule has 3 aromatic rings. The first-order valence-corrected chi connectivity index (χ1v) is 9.96. The number of ether oxygens (including phenoxy) is 2. The molecule has 0 fully saturated rings. The third kappa shape index (κ3) is 3.92. The van der Waals surface area contributed by atoms with Crippen molar-refractivity contribution in [3.63, 3.8) is 0 Å². The molecule has 0 radical (unpaired) electrons. The van der Waals surface area contributed by atoms with Crippen molar-refractivity contribution < 1.29 is 9.47 Å². The molecule has 3 aromatic carbocycles. The summed E-state index contributed by atoms with van der Waals surface area (Å²) in [6, 6.07) is 25.4. The molecule has 0 aliphatic carbocycles. The van der Waals surface area contributed by atoms with E-state index in [0.29, 0.717) is 0 Å². The van der Waals surface area contributed by atoms with Gasteiger partial charge >= 0.3 is 0 Å². The Balaban J connectivity index is 1.90. The third-order valence-electron chi connectivity index (χ3n) is 5.53. The van der Waals surface area contributed by atoms with Gasteiger partial charge in [-0.05, 0) is 35.4 Å². The molecule has 3 nitrogen and oxygen atoms in total. The summed E-state index contributed by atoms with van der Waals surface area (Å²) < 4.78 is 11.4. The lowest BCUT2D eigenvalue weighted by molar-refractivity contribution is 0.287. The molecular weight excluding hydrogens is 358 g/mol. The molecule has 0 unspecified atom stereocenters. The highest BCUT2D eigenvalue weighted by Gasteiger charge is 2.28. The van der Waals surface area contributed by atoms with Gasteiger partial charge in [0.25, 0.3) is 0 Å². The molecule has 1 aliphatic rings. The first kappa shape index (κ1) is 19.3. The predicted octanol–water partition coefficient (Wildman–Crippen LogP) is 5.36. The maximum Gasteiger partial charge on any atom is 0.164 e. The number of fused-ring (bicyclic) bond motifs is 1. The van der Waals surface area contributed by atoms with Crippen LogP contribution < -0.4 is 9.47 Å². The Morgan fingerprint density at radius 2 is 1.48 bits per heavy atom. The van der Waals surface area contributed by atoms with E-state index in [0.717, 1.165) is 24.6 Å². The van der Waals surface area contributed by atoms with Crippen molar-refractivity contribution >= 4 is 5.57 Å². The van der Waals surface area contributed by atoms with Crippen LogP contribution in [0.15, 0.2) is 78.9 Å². The Kier molecular flexibility index (Phi) is 5.68. The van der Waals surface area contributed by atoms with Gasteiger partial charge in [0.2, 0.25) is 0 Å². The van der Waals surface area contributed by atoms with E-state index in [1.165, 1.54) is 27.8 Å². The van der Waals surface area contributed by atoms with E-state index in [9.17, 15) is 0 Å². The quantitative estimate of drug-likeness (QED) is 0.590. The zero-order valence-corrected chi connectivity index (χ0v) is 17.3. The van der Waals surface area contributed by atoms with Gasteiger partial charge in [-0.2, -0.15) is 0 Å². The van der Waals surface area contributed by atoms with Gasteiger partial charge in [-0.3, -0.25) is 0 Å². The number of rotatable bonds is 5. The van der Waals surface area contributed by atoms with Gasteiger partial charge in [-0.1, -0.05) is 72.8 Å². The van der Waals surface area contributed by atoms with Crippen LogP contribution in [0.4, 0.5) is 0 Å². The molecule has 0 bridgehead atoms. The van der Waals surface area contributed by atoms with Gasteiger partial charge in [0.05, 0.1) is 14.2 Å². The van der Waals surface area contributed by atoms with Gasteiger partial charge in [-0.15, -0.1) is 0 Å². The molecule has 1 heterocycles. The van der Waals surface area contributed by atoms with E-state index in [-0.39, 0.29) is 5.92 Å². The number of nitrogens with zero attached hydrogens (tertiary/aromatic N) is 1. The van der Waals surface area contributed by atoms with E-state index in [1.807, 2.05) is 6.07 Å². The van der Waals surface area contributed by atoms with Crippen LogP contribution in [0.3, 0.4) is 0 Å². The lowest BCUT2D eigenvalue weighted by Gasteiger charge is -2.33. The Labute approximate surface area is 173 Å². The van der Waals surface area contributed by atoms with Crippen molar-refractivity contribution in [1.82, 2.24) is 4.90 Å². The Morgan fingerprint density at radius 1 is 0.862 bits per heavy atom. The van der Waals surface area contributed by atoms with Crippen LogP contribution in [0.5, 0.6) is 11.5 Å². The van der Waals surface area contributed by atoms with Gasteiger partial charge in [0.1, 0.15) is 0 Å². The molecule has 4 rings (SSSR count). The molecule has 1 atom stereocenters. The highest BCUT2D eigenvalue weighted by Crippen LogP contribution is 2.43. The van der Waals surface area contributed by atoms with E-state index in [2.05, 4.69) is 84.8 Å². The maximum atomic E-state index is 5.82. The maximum absolute atomic E-state index is 5.82. The van der Waals surface area contributed by atoms with Gasteiger partial charge in [0.15, 0.2) is 11.5 Å². The highest BCUT2D eigenvalue weighted by molar-refractivity contribution is 5.80. The number of hydrogen-bond acceptors (Lipinski definition) is 3. The van der Waals surface area contributed by atoms with Crippen LogP contribution in [0, 0.1) is 0 Å². The van der Waals surface area contributed by atoms with Crippen LogP contribution in [-0.4, -0.2) is 32.7 Å². The van der Waals surface area contributed by atoms with E-state index >= 15 is 0 Å². The Hall–Kier alpha value is -3.04. The average molecular weight is 386 g/mol. The summed E-state index contributed by atoms with van der Waals surface area (Å²) in [6.07, 6.45) is 2.39. The van der Waals surface area contributed by atoms with Crippen LogP contribution in [0.1, 0.15) is 28.2 Å². The van der Waals surface area contributed by atoms with Crippen molar-refractivity contribution in [1.29, 1.82) is 0 Å². The largest absolute Gasteiger partial charge is 0.493 e. The van der Waals surface area contributed by atoms with Crippen LogP contribution in [0.2, 0.25) is 0 Å². The zero-order chi connectivity index (χ0) is 20.2. The molecule has 0 amide bonds. The van der Waals surface area contributed by atoms with Gasteiger partial charge < -0.3 is 14.4 Å². The Morgan fingerprint density at radius 3 is 2.03 bits per heavy atom. The van der Waals surface area contributed by atoms with E-state index in [4.69, 9.17) is 9.47 Å². The molecule has 0 saturated heterocycles. The number of methoxy groups -OCH3 is 2. The number of likely N-dealkylation sites (N-methyl/N-ethyl adjacent to an activating group) is 1. The fourth-order valence-electron chi connectivity index (χ4n) is 4.25. The molecule has 0 spiro atoms. The lowest BCUT2D eigenvalue weighted by Crippen LogP contribution is -2.30. The minimum absolute atomic E-state index is 0.198. The van der Waals surface area contributed by atoms with Crippen molar-refractivity contribution in [2.24, 2.45) is 0 Å². The molecule has 0 aromatic heterocycles. The zero-order valence-electron chi connectivity index (χ0n) is 17.3. The summed E-state index contributed by atoms with van der Waals surface area (Å²) in [5.41, 5.74) is 6.19. The highest BCUT2D eigenvalue weighted by atomic mass is 16.5. The standard InChI is InChI=1S/C26H27NO2/c1-27-17-21-14-15-24(28-2)26(29-3)25(21)22(18-27)16-23(19-10-6-4-7-11-19)20-12-8-5-9-13-20/h4-16,22H,17-18H2,1-3H3/t22-/m0/s1. The molecule has 29 heavy (non-hydrogen) atoms. The summed E-state index contributed by atoms with van der Waals surface area (Å²) in [7, 11) is 5.60. The summed E-state index contributed by atoms with van der Waals surface area (Å²) in [6.45, 7) is 1.84. The predicted molar refractivity (Wildman–Crippen MR) is 119 cm³/mol. The van der Waals surface area contributed by atoms with Gasteiger partial charge in [-0.25, -0.2) is 0 Å². The van der Waals surface area contributed by atoms with E-state index < -0.39 is 0 Å². The minimum atomic E-state index is 0.198. The number of benzene rings is 3. The SMILES string of the molecule is COc1ccc2c(c1OC)[C@@H](C=C(c1ccccc1)c1ccccc1)CN(C)C2. The van der Waals surface area contributed by atoms with Crippen molar-refractivity contribution in [2.45, 2.75) is 12.5 Å². The molecule has 3 heteroatoms. The second-order valence-electron chi connectivity index (χ2n) is 7.49. The normalized spacial score (nSPS) is 16.0. The Bertz CT molecular complexity index is 954. The molecule has 148 valence electrons. The molecular formula is C26H27NO2. The fraction of sp³-hybridized carbons (Fsp3) is 0.231. The second kappa shape index (κ2) is 8.54. The molecule has 0 N–H and O–H groups in total. The lowest BCUT2D eigenvalue weighted by atomic mass is 9.85. The second-order valence-corrected chi connectivity index (χ2v) is 7.49. The monoisotopic (exact) mass is 385 g/mol. The van der Waals surface area contributed by atoms with E-state index in [1.54, 1.807) is 14.2 Å². The topological polar surface area (TPSA) is 21.7 Å². The summed E-state index contributed by atoms with van der Waals surface area (Å²) in [4.78, 5) is 2.36. The fourth-order valence-corrected chi connectivity index (χ4v) is 4.25. The van der Waals surface area contributed by atoms with Gasteiger partial charge in [0, 0.05) is 24.6 Å². The minimum Gasteiger partial charge on any atom is -0.493 e. The van der Waals surface area contributed by atoms with Crippen molar-refractivity contribution in [3.8, 4) is 11.5 Å². The number of hydrogen-bond donors (Lipinski definition) is 0. The average Bonchev–Trinajstić information content (AvgIpc) is 2.77. The van der Waals surface area contributed by atoms with Crippen LogP contribution >= 0.6 is 0 Å². The summed E-state index contributed by atoms with van der Waals surface area (Å²) in [5, 5.41) is 0. The van der Waals surface area contributed by atoms with Crippen molar-refractivity contribution in [2.75, 3.05) is 27.8 Å². The van der Waals surface area contributed by atoms with Crippen molar-refractivity contribution in [3.05, 3.63) is 101 Å².